The molecule has 0 radical (unpaired) electrons. The monoisotopic (exact) mass is 295 g/mol. The molecule has 0 aliphatic rings. The molecule has 0 unspecified atom stereocenters. The molecule has 3 nitrogen and oxygen atoms in total. The van der Waals surface area contributed by atoms with E-state index in [4.69, 9.17) is 16.0 Å². The highest BCUT2D eigenvalue weighted by Crippen LogP contribution is 2.15. The average Bonchev–Trinajstić information content (AvgIpc) is 2.91. The Morgan fingerprint density at radius 1 is 1.26 bits per heavy atom. The minimum atomic E-state index is -0.00326. The Bertz CT molecular complexity index is 528. The van der Waals surface area contributed by atoms with Gasteiger partial charge in [0.15, 0.2) is 0 Å². The van der Waals surface area contributed by atoms with Crippen molar-refractivity contribution < 1.29 is 9.21 Å². The molecule has 100 valence electrons. The molecule has 0 aliphatic heterocycles. The summed E-state index contributed by atoms with van der Waals surface area (Å²) in [6.45, 7) is 0.458. The van der Waals surface area contributed by atoms with Gasteiger partial charge in [-0.05, 0) is 23.8 Å². The van der Waals surface area contributed by atoms with Gasteiger partial charge in [-0.3, -0.25) is 4.79 Å². The van der Waals surface area contributed by atoms with Gasteiger partial charge in [0.25, 0.3) is 0 Å². The molecular formula is C14H14ClNO2S. The van der Waals surface area contributed by atoms with Crippen LogP contribution in [0.1, 0.15) is 11.3 Å². The van der Waals surface area contributed by atoms with Crippen molar-refractivity contribution in [1.82, 2.24) is 5.32 Å². The van der Waals surface area contributed by atoms with Crippen molar-refractivity contribution in [3.8, 4) is 0 Å². The normalized spacial score (nSPS) is 10.4. The zero-order valence-corrected chi connectivity index (χ0v) is 11.8. The number of rotatable bonds is 6. The molecule has 0 spiro atoms. The van der Waals surface area contributed by atoms with Crippen LogP contribution in [-0.4, -0.2) is 11.7 Å². The number of carbonyl (C=O) groups is 1. The summed E-state index contributed by atoms with van der Waals surface area (Å²) in [6.07, 6.45) is 1.63. The van der Waals surface area contributed by atoms with Gasteiger partial charge in [-0.2, -0.15) is 0 Å². The maximum absolute atomic E-state index is 11.7. The Morgan fingerprint density at radius 2 is 2.11 bits per heavy atom. The van der Waals surface area contributed by atoms with Crippen LogP contribution in [0.3, 0.4) is 0 Å². The molecule has 0 fully saturated rings. The predicted octanol–water partition coefficient (Wildman–Crippen LogP) is 3.48. The van der Waals surface area contributed by atoms with E-state index in [9.17, 15) is 4.79 Å². The summed E-state index contributed by atoms with van der Waals surface area (Å²) in [5, 5.41) is 3.52. The van der Waals surface area contributed by atoms with Gasteiger partial charge < -0.3 is 9.73 Å². The molecule has 1 heterocycles. The van der Waals surface area contributed by atoms with E-state index in [1.807, 2.05) is 36.4 Å². The SMILES string of the molecule is O=C(CSCc1ccco1)NCc1ccccc1Cl. The van der Waals surface area contributed by atoms with Crippen LogP contribution < -0.4 is 5.32 Å². The van der Waals surface area contributed by atoms with Gasteiger partial charge in [0.2, 0.25) is 5.91 Å². The van der Waals surface area contributed by atoms with Crippen LogP contribution >= 0.6 is 23.4 Å². The Labute approximate surface area is 121 Å². The van der Waals surface area contributed by atoms with Gasteiger partial charge in [0.1, 0.15) is 5.76 Å². The van der Waals surface area contributed by atoms with Crippen LogP contribution in [0.5, 0.6) is 0 Å². The smallest absolute Gasteiger partial charge is 0.230 e. The van der Waals surface area contributed by atoms with E-state index in [1.54, 1.807) is 6.26 Å². The van der Waals surface area contributed by atoms with Crippen molar-refractivity contribution in [2.75, 3.05) is 5.75 Å². The van der Waals surface area contributed by atoms with Crippen LogP contribution in [0.2, 0.25) is 5.02 Å². The largest absolute Gasteiger partial charge is 0.468 e. The number of carbonyl (C=O) groups excluding carboxylic acids is 1. The van der Waals surface area contributed by atoms with Crippen molar-refractivity contribution in [3.63, 3.8) is 0 Å². The molecule has 2 rings (SSSR count). The molecule has 1 aromatic carbocycles. The molecule has 5 heteroatoms. The van der Waals surface area contributed by atoms with Crippen molar-refractivity contribution >= 4 is 29.3 Å². The molecule has 1 amide bonds. The maximum atomic E-state index is 11.7. The summed E-state index contributed by atoms with van der Waals surface area (Å²) >= 11 is 7.53. The fourth-order valence-electron chi connectivity index (χ4n) is 1.53. The lowest BCUT2D eigenvalue weighted by molar-refractivity contribution is -0.118. The number of furan rings is 1. The Kier molecular flexibility index (Phi) is 5.36. The minimum Gasteiger partial charge on any atom is -0.468 e. The lowest BCUT2D eigenvalue weighted by Gasteiger charge is -2.06. The van der Waals surface area contributed by atoms with Crippen molar-refractivity contribution in [3.05, 3.63) is 59.0 Å². The molecule has 1 aromatic heterocycles. The van der Waals surface area contributed by atoms with E-state index in [0.29, 0.717) is 23.1 Å². The molecule has 0 saturated heterocycles. The van der Waals surface area contributed by atoms with Crippen LogP contribution in [-0.2, 0) is 17.1 Å². The highest BCUT2D eigenvalue weighted by Gasteiger charge is 2.04. The number of thioether (sulfide) groups is 1. The second kappa shape index (κ2) is 7.26. The summed E-state index contributed by atoms with van der Waals surface area (Å²) in [5.41, 5.74) is 0.925. The van der Waals surface area contributed by atoms with E-state index < -0.39 is 0 Å². The molecule has 19 heavy (non-hydrogen) atoms. The first-order valence-electron chi connectivity index (χ1n) is 5.86. The third-order valence-corrected chi connectivity index (χ3v) is 3.82. The fourth-order valence-corrected chi connectivity index (χ4v) is 2.48. The van der Waals surface area contributed by atoms with Gasteiger partial charge in [0, 0.05) is 11.6 Å². The summed E-state index contributed by atoms with van der Waals surface area (Å²) in [6, 6.07) is 11.2. The van der Waals surface area contributed by atoms with E-state index in [-0.39, 0.29) is 5.91 Å². The maximum Gasteiger partial charge on any atom is 0.230 e. The first-order valence-corrected chi connectivity index (χ1v) is 7.39. The van der Waals surface area contributed by atoms with Crippen molar-refractivity contribution in [1.29, 1.82) is 0 Å². The Hall–Kier alpha value is -1.39. The number of nitrogens with one attached hydrogen (secondary N) is 1. The fraction of sp³-hybridized carbons (Fsp3) is 0.214. The molecule has 0 aliphatic carbocycles. The first kappa shape index (κ1) is 14.0. The average molecular weight is 296 g/mol. The molecule has 2 aromatic rings. The highest BCUT2D eigenvalue weighted by atomic mass is 35.5. The summed E-state index contributed by atoms with van der Waals surface area (Å²) in [4.78, 5) is 11.7. The number of amides is 1. The quantitative estimate of drug-likeness (QED) is 0.887. The standard InChI is InChI=1S/C14H14ClNO2S/c15-13-6-2-1-4-11(13)8-16-14(17)10-19-9-12-5-3-7-18-12/h1-7H,8-10H2,(H,16,17). The summed E-state index contributed by atoms with van der Waals surface area (Å²) in [7, 11) is 0. The van der Waals surface area contributed by atoms with Crippen molar-refractivity contribution in [2.24, 2.45) is 0 Å². The third kappa shape index (κ3) is 4.65. The number of benzene rings is 1. The summed E-state index contributed by atoms with van der Waals surface area (Å²) < 4.78 is 5.19. The Balaban J connectivity index is 1.69. The molecule has 0 saturated carbocycles. The van der Waals surface area contributed by atoms with Crippen molar-refractivity contribution in [2.45, 2.75) is 12.3 Å². The molecular weight excluding hydrogens is 282 g/mol. The van der Waals surface area contributed by atoms with E-state index in [1.165, 1.54) is 11.8 Å². The van der Waals surface area contributed by atoms with Gasteiger partial charge >= 0.3 is 0 Å². The van der Waals surface area contributed by atoms with Gasteiger partial charge in [-0.25, -0.2) is 0 Å². The number of halogens is 1. The van der Waals surface area contributed by atoms with Crippen LogP contribution in [0.15, 0.2) is 47.1 Å². The molecule has 1 N–H and O–H groups in total. The third-order valence-electron chi connectivity index (χ3n) is 2.49. The zero-order valence-electron chi connectivity index (χ0n) is 10.3. The second-order valence-corrected chi connectivity index (χ2v) is 5.33. The topological polar surface area (TPSA) is 42.2 Å². The van der Waals surface area contributed by atoms with E-state index in [2.05, 4.69) is 5.32 Å². The van der Waals surface area contributed by atoms with Gasteiger partial charge in [-0.15, -0.1) is 11.8 Å². The van der Waals surface area contributed by atoms with E-state index >= 15 is 0 Å². The second-order valence-electron chi connectivity index (χ2n) is 3.94. The zero-order chi connectivity index (χ0) is 13.5. The predicted molar refractivity (Wildman–Crippen MR) is 78.2 cm³/mol. The lowest BCUT2D eigenvalue weighted by atomic mass is 10.2. The lowest BCUT2D eigenvalue weighted by Crippen LogP contribution is -2.24. The van der Waals surface area contributed by atoms with Crippen LogP contribution in [0.4, 0.5) is 0 Å². The molecule has 0 atom stereocenters. The number of hydrogen-bond donors (Lipinski definition) is 1. The van der Waals surface area contributed by atoms with Crippen LogP contribution in [0.25, 0.3) is 0 Å². The highest BCUT2D eigenvalue weighted by molar-refractivity contribution is 7.99. The number of hydrogen-bond acceptors (Lipinski definition) is 3. The molecule has 0 bridgehead atoms. The summed E-state index contributed by atoms with van der Waals surface area (Å²) in [5.74, 6) is 1.98. The van der Waals surface area contributed by atoms with Gasteiger partial charge in [0.05, 0.1) is 17.8 Å². The minimum absolute atomic E-state index is 0.00326. The first-order chi connectivity index (χ1) is 9.25. The van der Waals surface area contributed by atoms with E-state index in [0.717, 1.165) is 11.3 Å². The van der Waals surface area contributed by atoms with Crippen LogP contribution in [0, 0.1) is 0 Å². The Morgan fingerprint density at radius 3 is 2.84 bits per heavy atom. The van der Waals surface area contributed by atoms with Gasteiger partial charge in [-0.1, -0.05) is 29.8 Å².